The van der Waals surface area contributed by atoms with Crippen LogP contribution in [0.3, 0.4) is 0 Å². The average molecular weight is 744 g/mol. The third kappa shape index (κ3) is 5.60. The molecule has 0 amide bonds. The Kier molecular flexibility index (Phi) is 8.08. The van der Waals surface area contributed by atoms with Crippen LogP contribution in [0, 0.1) is 0 Å². The minimum Gasteiger partial charge on any atom is -0.657 e. The Bertz CT molecular complexity index is 2390. The van der Waals surface area contributed by atoms with Gasteiger partial charge in [0.25, 0.3) is 0 Å². The Balaban J connectivity index is 0.00000400. The maximum Gasteiger partial charge on any atom is 2.00 e. The van der Waals surface area contributed by atoms with Crippen molar-refractivity contribution in [1.29, 1.82) is 0 Å². The summed E-state index contributed by atoms with van der Waals surface area (Å²) in [7, 11) is 16.3. The molecule has 2 aliphatic heterocycles. The van der Waals surface area contributed by atoms with E-state index >= 15 is 0 Å². The van der Waals surface area contributed by atoms with Gasteiger partial charge in [0.2, 0.25) is 24.8 Å². The fourth-order valence-electron chi connectivity index (χ4n) is 7.26. The summed E-state index contributed by atoms with van der Waals surface area (Å²) in [5, 5.41) is 0. The van der Waals surface area contributed by atoms with E-state index < -0.39 is 0 Å². The summed E-state index contributed by atoms with van der Waals surface area (Å²) >= 11 is 0. The minimum absolute atomic E-state index is 0. The molecule has 0 saturated heterocycles. The Hall–Kier alpha value is -6.04. The molecule has 0 aromatic carbocycles. The zero-order chi connectivity index (χ0) is 36.0. The Labute approximate surface area is 317 Å². The molecular weight excluding hydrogens is 703 g/mol. The Morgan fingerprint density at radius 1 is 0.415 bits per heavy atom. The van der Waals surface area contributed by atoms with Crippen LogP contribution in [0.15, 0.2) is 73.8 Å². The summed E-state index contributed by atoms with van der Waals surface area (Å²) in [5.74, 6) is 0. The average Bonchev–Trinajstić information content (AvgIpc) is 3.95. The summed E-state index contributed by atoms with van der Waals surface area (Å²) in [4.78, 5) is 21.5. The van der Waals surface area contributed by atoms with E-state index in [4.69, 9.17) is 19.9 Å². The molecule has 2 aliphatic rings. The van der Waals surface area contributed by atoms with Crippen molar-refractivity contribution in [1.82, 2.24) is 38.7 Å². The number of aromatic nitrogens is 12. The Morgan fingerprint density at radius 2 is 0.642 bits per heavy atom. The van der Waals surface area contributed by atoms with Gasteiger partial charge < -0.3 is 9.97 Å². The van der Waals surface area contributed by atoms with Crippen molar-refractivity contribution in [3.05, 3.63) is 96.6 Å². The zero-order valence-electron chi connectivity index (χ0n) is 31.0. The smallest absolute Gasteiger partial charge is 0.657 e. The van der Waals surface area contributed by atoms with Crippen LogP contribution in [0.4, 0.5) is 0 Å². The minimum atomic E-state index is 0. The molecule has 9 heterocycles. The molecule has 0 atom stereocenters. The fourth-order valence-corrected chi connectivity index (χ4v) is 7.26. The van der Waals surface area contributed by atoms with Gasteiger partial charge in [-0.1, -0.05) is 24.3 Å². The second-order valence-corrected chi connectivity index (χ2v) is 13.8. The molecule has 0 spiro atoms. The van der Waals surface area contributed by atoms with Crippen LogP contribution in [-0.4, -0.2) is 28.7 Å². The first-order valence-electron chi connectivity index (χ1n) is 17.2. The predicted octanol–water partition coefficient (Wildman–Crippen LogP) is 3.23. The summed E-state index contributed by atoms with van der Waals surface area (Å²) in [6.07, 6.45) is 25.4. The zero-order valence-corrected chi connectivity index (χ0v) is 32.2. The molecule has 0 unspecified atom stereocenters. The second kappa shape index (κ2) is 12.6. The number of nitrogens with zero attached hydrogens (tertiary/aromatic N) is 12. The second-order valence-electron chi connectivity index (χ2n) is 13.8. The van der Waals surface area contributed by atoms with Gasteiger partial charge in [-0.3, -0.25) is 0 Å². The van der Waals surface area contributed by atoms with E-state index in [9.17, 15) is 0 Å². The van der Waals surface area contributed by atoms with Gasteiger partial charge in [0.1, 0.15) is 0 Å². The first kappa shape index (κ1) is 34.1. The SMILES string of the molecule is Cn1cc(-c2c3nc(c(-c4cn(C)[n+](C)c4)c4ccc([n-]4)c(-c4cn(C)[n+](C)c4)c4nc(c(-c5cn(C)[n+](C)c5)c5ccc2[n-]5)C=C4)C=C3)c[n+]1C.[Mn+2]. The number of fused-ring (bicyclic) bond motifs is 8. The molecule has 13 heteroatoms. The molecule has 263 valence electrons. The molecule has 1 radical (unpaired) electrons. The van der Waals surface area contributed by atoms with E-state index in [1.54, 1.807) is 0 Å². The standard InChI is InChI=1S/C40H40N12.Mn/c1-45-17-25(18-46(45)2)37-29-9-11-31(41-29)38(26-19-47(3)48(4)20-26)33-13-15-35(43-33)40(28-23-51(7)52(8)24-28)36-16-14-34(44-36)39(32-12-10-30(37)42-32)27-21-49(5)50(6)22-27;/h9-24H,1-8H3;/q2*+2. The van der Waals surface area contributed by atoms with Crippen LogP contribution in [0.5, 0.6) is 0 Å². The molecule has 9 rings (SSSR count). The van der Waals surface area contributed by atoms with Gasteiger partial charge in [-0.15, -0.1) is 40.8 Å². The molecule has 53 heavy (non-hydrogen) atoms. The molecule has 7 aromatic rings. The number of hydrogen-bond acceptors (Lipinski definition) is 2. The van der Waals surface area contributed by atoms with Gasteiger partial charge >= 0.3 is 17.1 Å². The fraction of sp³-hybridized carbons (Fsp3) is 0.200. The van der Waals surface area contributed by atoms with Gasteiger partial charge in [-0.05, 0) is 24.3 Å². The van der Waals surface area contributed by atoms with Gasteiger partial charge in [-0.2, -0.15) is 18.7 Å². The van der Waals surface area contributed by atoms with Crippen LogP contribution in [0.1, 0.15) is 22.8 Å². The van der Waals surface area contributed by atoms with Crippen LogP contribution >= 0.6 is 0 Å². The molecule has 8 bridgehead atoms. The first-order chi connectivity index (χ1) is 25.0. The van der Waals surface area contributed by atoms with Crippen LogP contribution in [0.25, 0.3) is 90.9 Å². The van der Waals surface area contributed by atoms with E-state index in [0.717, 1.165) is 89.4 Å². The van der Waals surface area contributed by atoms with Crippen molar-refractivity contribution in [2.45, 2.75) is 0 Å². The molecular formula is C40H40MnN12+4. The third-order valence-corrected chi connectivity index (χ3v) is 10.4. The van der Waals surface area contributed by atoms with Gasteiger partial charge in [-0.25, -0.2) is 9.97 Å². The van der Waals surface area contributed by atoms with Crippen molar-refractivity contribution in [3.8, 4) is 44.5 Å². The molecule has 0 saturated carbocycles. The van der Waals surface area contributed by atoms with Crippen LogP contribution in [0.2, 0.25) is 0 Å². The maximum absolute atomic E-state index is 5.37. The summed E-state index contributed by atoms with van der Waals surface area (Å²) in [6.45, 7) is 0. The van der Waals surface area contributed by atoms with Crippen LogP contribution in [-0.2, 0) is 73.5 Å². The van der Waals surface area contributed by atoms with Crippen LogP contribution < -0.4 is 28.7 Å². The number of hydrogen-bond donors (Lipinski definition) is 0. The summed E-state index contributed by atoms with van der Waals surface area (Å²) < 4.78 is 16.5. The Morgan fingerprint density at radius 3 is 0.830 bits per heavy atom. The van der Waals surface area contributed by atoms with E-state index in [-0.39, 0.29) is 17.1 Å². The molecule has 0 N–H and O–H groups in total. The first-order valence-corrected chi connectivity index (χ1v) is 17.2. The van der Waals surface area contributed by atoms with Gasteiger partial charge in [0, 0.05) is 22.3 Å². The van der Waals surface area contributed by atoms with Gasteiger partial charge in [0.15, 0.2) is 28.2 Å². The van der Waals surface area contributed by atoms with E-state index in [1.165, 1.54) is 0 Å². The summed E-state index contributed by atoms with van der Waals surface area (Å²) in [6, 6.07) is 8.41. The van der Waals surface area contributed by atoms with Gasteiger partial charge in [0.05, 0.1) is 98.0 Å². The monoisotopic (exact) mass is 743 g/mol. The van der Waals surface area contributed by atoms with Crippen molar-refractivity contribution in [2.24, 2.45) is 56.4 Å². The topological polar surface area (TPSA) is 89.2 Å². The van der Waals surface area contributed by atoms with Crippen molar-refractivity contribution in [3.63, 3.8) is 0 Å². The quantitative estimate of drug-likeness (QED) is 0.205. The molecule has 0 fully saturated rings. The molecule has 12 nitrogen and oxygen atoms in total. The van der Waals surface area contributed by atoms with E-state index in [0.29, 0.717) is 0 Å². The maximum atomic E-state index is 5.37. The van der Waals surface area contributed by atoms with Crippen molar-refractivity contribution >= 4 is 46.4 Å². The number of rotatable bonds is 4. The number of aryl methyl sites for hydroxylation is 8. The third-order valence-electron chi connectivity index (χ3n) is 10.4. The normalized spacial score (nSPS) is 12.2. The molecule has 0 aliphatic carbocycles. The van der Waals surface area contributed by atoms with Crippen molar-refractivity contribution < 1.29 is 35.8 Å². The van der Waals surface area contributed by atoms with E-state index in [2.05, 4.69) is 136 Å². The molecule has 7 aromatic heterocycles. The summed E-state index contributed by atoms with van der Waals surface area (Å²) in [5.41, 5.74) is 14.7. The van der Waals surface area contributed by atoms with Crippen molar-refractivity contribution in [2.75, 3.05) is 0 Å². The largest absolute Gasteiger partial charge is 2.00 e. The predicted molar refractivity (Wildman–Crippen MR) is 199 cm³/mol. The van der Waals surface area contributed by atoms with E-state index in [1.807, 2.05) is 56.4 Å².